The van der Waals surface area contributed by atoms with E-state index in [4.69, 9.17) is 37.9 Å². The Bertz CT molecular complexity index is 826. The van der Waals surface area contributed by atoms with Crippen molar-refractivity contribution < 1.29 is 47.5 Å². The molecule has 0 N–H and O–H groups in total. The van der Waals surface area contributed by atoms with Crippen molar-refractivity contribution >= 4 is 35.5 Å². The van der Waals surface area contributed by atoms with Crippen LogP contribution >= 0.6 is 23.5 Å². The lowest BCUT2D eigenvalue weighted by Gasteiger charge is -2.43. The van der Waals surface area contributed by atoms with Gasteiger partial charge in [-0.05, 0) is 52.0 Å². The van der Waals surface area contributed by atoms with Gasteiger partial charge in [-0.3, -0.25) is 9.59 Å². The van der Waals surface area contributed by atoms with Gasteiger partial charge in [0.1, 0.15) is 41.7 Å². The van der Waals surface area contributed by atoms with E-state index in [2.05, 4.69) is 27.7 Å². The maximum Gasteiger partial charge on any atom is 0.317 e. The van der Waals surface area contributed by atoms with Crippen LogP contribution < -0.4 is 0 Å². The highest BCUT2D eigenvalue weighted by Crippen LogP contribution is 2.44. The number of esters is 2. The third kappa shape index (κ3) is 6.74. The standard InChI is InChI=1S/C27H44O10S2/c1-12(2)16-18-20(36-26(5,6)34-18)22(24(32-16)38-9)30-14(28)11-15(29)31-23-21-19(35-27(7,8)37-21)17(13(3)4)33-25(23)39-10/h12-13,16-25H,11H2,1-10H3. The fourth-order valence-electron chi connectivity index (χ4n) is 5.78. The second-order valence-corrected chi connectivity index (χ2v) is 14.0. The van der Waals surface area contributed by atoms with Gasteiger partial charge in [0.2, 0.25) is 0 Å². The summed E-state index contributed by atoms with van der Waals surface area (Å²) >= 11 is 2.86. The zero-order valence-electron chi connectivity index (χ0n) is 24.5. The van der Waals surface area contributed by atoms with Crippen LogP contribution in [0.3, 0.4) is 0 Å². The Balaban J connectivity index is 1.43. The lowest BCUT2D eigenvalue weighted by Crippen LogP contribution is -2.58. The number of fused-ring (bicyclic) bond motifs is 2. The molecular weight excluding hydrogens is 548 g/mol. The Morgan fingerprint density at radius 2 is 1.00 bits per heavy atom. The molecule has 10 atom stereocenters. The molecule has 4 heterocycles. The van der Waals surface area contributed by atoms with Gasteiger partial charge in [-0.15, -0.1) is 23.5 Å². The van der Waals surface area contributed by atoms with Crippen molar-refractivity contribution in [1.29, 1.82) is 0 Å². The highest BCUT2D eigenvalue weighted by molar-refractivity contribution is 7.99. The molecule has 10 unspecified atom stereocenters. The van der Waals surface area contributed by atoms with Gasteiger partial charge in [-0.1, -0.05) is 27.7 Å². The number of rotatable bonds is 8. The topological polar surface area (TPSA) is 108 Å². The first kappa shape index (κ1) is 31.3. The Hall–Kier alpha value is -0.600. The first-order chi connectivity index (χ1) is 18.2. The van der Waals surface area contributed by atoms with Gasteiger partial charge in [0, 0.05) is 0 Å². The van der Waals surface area contributed by atoms with Gasteiger partial charge in [-0.25, -0.2) is 0 Å². The number of carbonyl (C=O) groups is 2. The lowest BCUT2D eigenvalue weighted by molar-refractivity contribution is -0.202. The predicted octanol–water partition coefficient (Wildman–Crippen LogP) is 3.73. The minimum Gasteiger partial charge on any atom is -0.455 e. The van der Waals surface area contributed by atoms with Crippen LogP contribution in [0.4, 0.5) is 0 Å². The van der Waals surface area contributed by atoms with Crippen LogP contribution in [0, 0.1) is 11.8 Å². The molecule has 4 fully saturated rings. The summed E-state index contributed by atoms with van der Waals surface area (Å²) in [5, 5.41) is 0. The van der Waals surface area contributed by atoms with Gasteiger partial charge in [0.25, 0.3) is 0 Å². The highest BCUT2D eigenvalue weighted by Gasteiger charge is 2.58. The van der Waals surface area contributed by atoms with Crippen LogP contribution in [-0.2, 0) is 47.5 Å². The SMILES string of the molecule is CSC1OC(C(C)C)C2OC(C)(C)OC2C1OC(=O)CC(=O)OC1C(SC)OC(C(C)C)C2OC(C)(C)OC12. The third-order valence-corrected chi connectivity index (χ3v) is 9.03. The van der Waals surface area contributed by atoms with Crippen LogP contribution in [-0.4, -0.2) is 95.7 Å². The van der Waals surface area contributed by atoms with Crippen LogP contribution in [0.1, 0.15) is 61.8 Å². The molecule has 0 bridgehead atoms. The Morgan fingerprint density at radius 1 is 0.667 bits per heavy atom. The fourth-order valence-corrected chi connectivity index (χ4v) is 7.22. The minimum atomic E-state index is -0.849. The number of carbonyl (C=O) groups excluding carboxylic acids is 2. The molecule has 0 aliphatic carbocycles. The molecule has 0 spiro atoms. The molecule has 12 heteroatoms. The normalized spacial score (nSPS) is 40.8. The Kier molecular flexibility index (Phi) is 9.60. The fraction of sp³-hybridized carbons (Fsp3) is 0.926. The van der Waals surface area contributed by atoms with Crippen LogP contribution in [0.5, 0.6) is 0 Å². The molecule has 0 amide bonds. The molecule has 4 rings (SSSR count). The second-order valence-electron chi connectivity index (χ2n) is 12.1. The molecular formula is C27H44O10S2. The van der Waals surface area contributed by atoms with Crippen molar-refractivity contribution in [2.75, 3.05) is 12.5 Å². The van der Waals surface area contributed by atoms with E-state index in [0.717, 1.165) is 0 Å². The van der Waals surface area contributed by atoms with E-state index in [1.807, 2.05) is 40.2 Å². The molecule has 4 saturated heterocycles. The summed E-state index contributed by atoms with van der Waals surface area (Å²) in [6, 6.07) is 0. The van der Waals surface area contributed by atoms with Crippen LogP contribution in [0.25, 0.3) is 0 Å². The average Bonchev–Trinajstić information content (AvgIpc) is 3.33. The van der Waals surface area contributed by atoms with Crippen molar-refractivity contribution in [3.8, 4) is 0 Å². The molecule has 4 aliphatic heterocycles. The first-order valence-electron chi connectivity index (χ1n) is 13.6. The highest BCUT2D eigenvalue weighted by atomic mass is 32.2. The van der Waals surface area contributed by atoms with Gasteiger partial charge in [-0.2, -0.15) is 0 Å². The molecule has 0 aromatic heterocycles. The molecule has 39 heavy (non-hydrogen) atoms. The van der Waals surface area contributed by atoms with E-state index in [1.165, 1.54) is 23.5 Å². The molecule has 0 aromatic rings. The summed E-state index contributed by atoms with van der Waals surface area (Å²) < 4.78 is 48.8. The number of hydrogen-bond donors (Lipinski definition) is 0. The van der Waals surface area contributed by atoms with E-state index in [0.29, 0.717) is 0 Å². The maximum absolute atomic E-state index is 13.0. The van der Waals surface area contributed by atoms with Gasteiger partial charge in [0.05, 0.1) is 12.2 Å². The Labute approximate surface area is 240 Å². The van der Waals surface area contributed by atoms with Gasteiger partial charge < -0.3 is 37.9 Å². The summed E-state index contributed by atoms with van der Waals surface area (Å²) in [4.78, 5) is 26.1. The average molecular weight is 593 g/mol. The van der Waals surface area contributed by atoms with Crippen LogP contribution in [0.2, 0.25) is 0 Å². The molecule has 4 aliphatic rings. The minimum absolute atomic E-state index is 0.171. The van der Waals surface area contributed by atoms with Crippen molar-refractivity contribution in [2.24, 2.45) is 11.8 Å². The largest absolute Gasteiger partial charge is 0.455 e. The van der Waals surface area contributed by atoms with E-state index >= 15 is 0 Å². The quantitative estimate of drug-likeness (QED) is 0.303. The zero-order valence-corrected chi connectivity index (χ0v) is 26.2. The van der Waals surface area contributed by atoms with Crippen molar-refractivity contribution in [2.45, 2.75) is 133 Å². The molecule has 0 radical (unpaired) electrons. The van der Waals surface area contributed by atoms with Crippen molar-refractivity contribution in [3.63, 3.8) is 0 Å². The van der Waals surface area contributed by atoms with E-state index in [9.17, 15) is 9.59 Å². The van der Waals surface area contributed by atoms with E-state index in [1.54, 1.807) is 0 Å². The van der Waals surface area contributed by atoms with Gasteiger partial charge in [0.15, 0.2) is 23.8 Å². The molecule has 0 aromatic carbocycles. The third-order valence-electron chi connectivity index (χ3n) is 7.34. The van der Waals surface area contributed by atoms with E-state index in [-0.39, 0.29) is 24.0 Å². The summed E-state index contributed by atoms with van der Waals surface area (Å²) in [6.07, 6.45) is -0.574. The molecule has 0 saturated carbocycles. The van der Waals surface area contributed by atoms with Crippen LogP contribution in [0.15, 0.2) is 0 Å². The zero-order chi connectivity index (χ0) is 28.9. The predicted molar refractivity (Wildman–Crippen MR) is 146 cm³/mol. The summed E-state index contributed by atoms with van der Waals surface area (Å²) in [5.74, 6) is -2.80. The summed E-state index contributed by atoms with van der Waals surface area (Å²) in [5.41, 5.74) is -0.938. The monoisotopic (exact) mass is 592 g/mol. The maximum atomic E-state index is 13.0. The summed E-state index contributed by atoms with van der Waals surface area (Å²) in [6.45, 7) is 15.5. The Morgan fingerprint density at radius 3 is 1.31 bits per heavy atom. The van der Waals surface area contributed by atoms with Gasteiger partial charge >= 0.3 is 11.9 Å². The number of thioether (sulfide) groups is 2. The lowest BCUT2D eigenvalue weighted by atomic mass is 9.92. The number of ether oxygens (including phenoxy) is 8. The first-order valence-corrected chi connectivity index (χ1v) is 16.2. The second kappa shape index (κ2) is 11.9. The molecule has 224 valence electrons. The molecule has 10 nitrogen and oxygen atoms in total. The van der Waals surface area contributed by atoms with Crippen molar-refractivity contribution in [1.82, 2.24) is 0 Å². The van der Waals surface area contributed by atoms with Crippen molar-refractivity contribution in [3.05, 3.63) is 0 Å². The number of hydrogen-bond acceptors (Lipinski definition) is 12. The summed E-state index contributed by atoms with van der Waals surface area (Å²) in [7, 11) is 0. The van der Waals surface area contributed by atoms with E-state index < -0.39 is 77.4 Å². The smallest absolute Gasteiger partial charge is 0.317 e.